The van der Waals surface area contributed by atoms with Crippen LogP contribution in [0, 0.1) is 0 Å². The largest absolute Gasteiger partial charge is 0.467 e. The fraction of sp³-hybridized carbons (Fsp3) is 0.812. The van der Waals surface area contributed by atoms with Crippen LogP contribution in [0.15, 0.2) is 0 Å². The maximum atomic E-state index is 12.5. The fourth-order valence-corrected chi connectivity index (χ4v) is 1.79. The zero-order valence-corrected chi connectivity index (χ0v) is 15.5. The molecule has 1 N–H and O–H groups in total. The van der Waals surface area contributed by atoms with Crippen LogP contribution in [0.1, 0.15) is 54.4 Å². The van der Waals surface area contributed by atoms with Crippen molar-refractivity contribution in [3.63, 3.8) is 0 Å². The smallest absolute Gasteiger partial charge is 0.415 e. The fourth-order valence-electron chi connectivity index (χ4n) is 1.79. The average Bonchev–Trinajstić information content (AvgIpc) is 2.38. The number of aliphatic hydroxyl groups is 1. The van der Waals surface area contributed by atoms with Crippen LogP contribution in [0.25, 0.3) is 0 Å². The van der Waals surface area contributed by atoms with E-state index >= 15 is 0 Å². The summed E-state index contributed by atoms with van der Waals surface area (Å²) in [5, 5.41) is 10.3. The zero-order valence-electron chi connectivity index (χ0n) is 15.5. The molecule has 0 aliphatic carbocycles. The Hall–Kier alpha value is -1.67. The van der Waals surface area contributed by atoms with Gasteiger partial charge in [0.15, 0.2) is 0 Å². The number of aldehydes is 1. The molecule has 0 bridgehead atoms. The average molecular weight is 347 g/mol. The van der Waals surface area contributed by atoms with Crippen molar-refractivity contribution in [3.8, 4) is 0 Å². The third kappa shape index (κ3) is 8.26. The molecule has 0 aromatic rings. The minimum atomic E-state index is -1.74. The van der Waals surface area contributed by atoms with Gasteiger partial charge in [-0.05, 0) is 48.0 Å². The van der Waals surface area contributed by atoms with Gasteiger partial charge >= 0.3 is 12.1 Å². The number of hydrogen-bond donors (Lipinski definition) is 1. The summed E-state index contributed by atoms with van der Waals surface area (Å²) in [6.45, 7) is 10.0. The normalized spacial score (nSPS) is 14.5. The highest BCUT2D eigenvalue weighted by atomic mass is 16.7. The van der Waals surface area contributed by atoms with Gasteiger partial charge in [-0.15, -0.1) is 0 Å². The van der Waals surface area contributed by atoms with Gasteiger partial charge in [-0.3, -0.25) is 0 Å². The van der Waals surface area contributed by atoms with Crippen molar-refractivity contribution in [2.75, 3.05) is 7.11 Å². The Morgan fingerprint density at radius 2 is 1.67 bits per heavy atom. The quantitative estimate of drug-likeness (QED) is 0.426. The van der Waals surface area contributed by atoms with E-state index in [0.717, 1.165) is 12.0 Å². The van der Waals surface area contributed by atoms with Gasteiger partial charge in [-0.2, -0.15) is 0 Å². The molecular formula is C16H29NO7. The molecule has 2 atom stereocenters. The number of rotatable bonds is 7. The standard InChI is InChI=1S/C16H29NO7/c1-15(2,3)23-13(20)17(14(21)24-16(4,5)6)11(9-8-10-18)12(19)22-7/h10-11,13,20H,8-9H2,1-7H3/t11-,13?/m0/s1. The van der Waals surface area contributed by atoms with Crippen LogP contribution in [0.2, 0.25) is 0 Å². The Morgan fingerprint density at radius 1 is 1.12 bits per heavy atom. The van der Waals surface area contributed by atoms with Gasteiger partial charge in [0, 0.05) is 6.42 Å². The number of esters is 1. The summed E-state index contributed by atoms with van der Waals surface area (Å²) in [7, 11) is 1.15. The summed E-state index contributed by atoms with van der Waals surface area (Å²) in [5.41, 5.74) is -1.63. The van der Waals surface area contributed by atoms with Crippen LogP contribution in [-0.4, -0.2) is 59.1 Å². The van der Waals surface area contributed by atoms with Crippen molar-refractivity contribution in [1.29, 1.82) is 0 Å². The number of ether oxygens (including phenoxy) is 3. The molecule has 0 fully saturated rings. The van der Waals surface area contributed by atoms with E-state index in [-0.39, 0.29) is 12.8 Å². The van der Waals surface area contributed by atoms with E-state index in [4.69, 9.17) is 9.47 Å². The SMILES string of the molecule is COC(=O)[C@H](CCC=O)N(C(=O)OC(C)(C)C)C(O)OC(C)(C)C. The number of carbonyl (C=O) groups is 3. The third-order valence-electron chi connectivity index (χ3n) is 2.67. The lowest BCUT2D eigenvalue weighted by Crippen LogP contribution is -2.55. The molecule has 1 unspecified atom stereocenters. The summed E-state index contributed by atoms with van der Waals surface area (Å²) < 4.78 is 15.3. The minimum absolute atomic E-state index is 0.00129. The van der Waals surface area contributed by atoms with Crippen molar-refractivity contribution in [1.82, 2.24) is 4.90 Å². The highest BCUT2D eigenvalue weighted by molar-refractivity contribution is 5.81. The van der Waals surface area contributed by atoms with Gasteiger partial charge in [0.2, 0.25) is 6.41 Å². The first-order valence-corrected chi connectivity index (χ1v) is 7.71. The molecule has 0 radical (unpaired) electrons. The highest BCUT2D eigenvalue weighted by Crippen LogP contribution is 2.21. The predicted molar refractivity (Wildman–Crippen MR) is 86.0 cm³/mol. The molecule has 0 spiro atoms. The maximum absolute atomic E-state index is 12.5. The van der Waals surface area contributed by atoms with Gasteiger partial charge < -0.3 is 24.1 Å². The van der Waals surface area contributed by atoms with Crippen molar-refractivity contribution in [3.05, 3.63) is 0 Å². The minimum Gasteiger partial charge on any atom is -0.467 e. The first kappa shape index (κ1) is 22.3. The summed E-state index contributed by atoms with van der Waals surface area (Å²) in [6.07, 6.45) is -2.10. The summed E-state index contributed by atoms with van der Waals surface area (Å²) in [5.74, 6) is -0.778. The lowest BCUT2D eigenvalue weighted by atomic mass is 10.1. The molecule has 140 valence electrons. The molecule has 0 heterocycles. The second kappa shape index (κ2) is 8.98. The van der Waals surface area contributed by atoms with Crippen LogP contribution in [0.3, 0.4) is 0 Å². The van der Waals surface area contributed by atoms with Crippen LogP contribution in [-0.2, 0) is 23.8 Å². The second-order valence-corrected chi connectivity index (χ2v) is 7.23. The molecule has 0 saturated carbocycles. The lowest BCUT2D eigenvalue weighted by Gasteiger charge is -2.37. The van der Waals surface area contributed by atoms with E-state index in [9.17, 15) is 19.5 Å². The summed E-state index contributed by atoms with van der Waals surface area (Å²) >= 11 is 0. The van der Waals surface area contributed by atoms with E-state index in [2.05, 4.69) is 4.74 Å². The number of methoxy groups -OCH3 is 1. The number of carbonyl (C=O) groups excluding carboxylic acids is 3. The van der Waals surface area contributed by atoms with Crippen LogP contribution in [0.5, 0.6) is 0 Å². The van der Waals surface area contributed by atoms with E-state index < -0.39 is 35.7 Å². The molecule has 0 aliphatic rings. The molecule has 0 rings (SSSR count). The topological polar surface area (TPSA) is 102 Å². The number of hydrogen-bond acceptors (Lipinski definition) is 7. The lowest BCUT2D eigenvalue weighted by molar-refractivity contribution is -0.240. The van der Waals surface area contributed by atoms with Crippen molar-refractivity contribution in [2.45, 2.75) is 78.0 Å². The molecule has 0 saturated heterocycles. The van der Waals surface area contributed by atoms with E-state index in [1.54, 1.807) is 41.5 Å². The van der Waals surface area contributed by atoms with Gasteiger partial charge in [0.05, 0.1) is 12.7 Å². The Kier molecular flexibility index (Phi) is 8.36. The molecule has 0 aromatic carbocycles. The van der Waals surface area contributed by atoms with Gasteiger partial charge in [0.1, 0.15) is 17.9 Å². The molecular weight excluding hydrogens is 318 g/mol. The van der Waals surface area contributed by atoms with E-state index in [1.165, 1.54) is 0 Å². The zero-order chi connectivity index (χ0) is 19.1. The Balaban J connectivity index is 5.64. The Morgan fingerprint density at radius 3 is 2.04 bits per heavy atom. The van der Waals surface area contributed by atoms with Crippen LogP contribution < -0.4 is 0 Å². The van der Waals surface area contributed by atoms with Gasteiger partial charge in [-0.1, -0.05) is 0 Å². The summed E-state index contributed by atoms with van der Waals surface area (Å²) in [4.78, 5) is 35.9. The van der Waals surface area contributed by atoms with Crippen molar-refractivity contribution >= 4 is 18.3 Å². The molecule has 8 heteroatoms. The van der Waals surface area contributed by atoms with Crippen LogP contribution >= 0.6 is 0 Å². The van der Waals surface area contributed by atoms with E-state index in [1.807, 2.05) is 0 Å². The van der Waals surface area contributed by atoms with E-state index in [0.29, 0.717) is 6.29 Å². The predicted octanol–water partition coefficient (Wildman–Crippen LogP) is 1.84. The highest BCUT2D eigenvalue weighted by Gasteiger charge is 2.39. The van der Waals surface area contributed by atoms with Gasteiger partial charge in [-0.25, -0.2) is 14.5 Å². The molecule has 1 amide bonds. The van der Waals surface area contributed by atoms with Crippen molar-refractivity contribution in [2.24, 2.45) is 0 Å². The summed E-state index contributed by atoms with van der Waals surface area (Å²) in [6, 6.07) is -1.22. The first-order valence-electron chi connectivity index (χ1n) is 7.71. The molecule has 24 heavy (non-hydrogen) atoms. The Bertz CT molecular complexity index is 437. The van der Waals surface area contributed by atoms with Gasteiger partial charge in [0.25, 0.3) is 0 Å². The van der Waals surface area contributed by atoms with Crippen molar-refractivity contribution < 1.29 is 33.7 Å². The third-order valence-corrected chi connectivity index (χ3v) is 2.67. The molecule has 8 nitrogen and oxygen atoms in total. The second-order valence-electron chi connectivity index (χ2n) is 7.23. The number of nitrogens with zero attached hydrogens (tertiary/aromatic N) is 1. The monoisotopic (exact) mass is 347 g/mol. The maximum Gasteiger partial charge on any atom is 0.415 e. The first-order chi connectivity index (χ1) is 10.8. The number of amides is 1. The molecule has 0 aromatic heterocycles. The number of aliphatic hydroxyl groups excluding tert-OH is 1. The molecule has 0 aliphatic heterocycles. The Labute approximate surface area is 143 Å². The van der Waals surface area contributed by atoms with Crippen LogP contribution in [0.4, 0.5) is 4.79 Å².